The Labute approximate surface area is 199 Å². The second-order valence-corrected chi connectivity index (χ2v) is 8.51. The van der Waals surface area contributed by atoms with Crippen LogP contribution in [0.2, 0.25) is 5.02 Å². The van der Waals surface area contributed by atoms with Gasteiger partial charge in [-0.25, -0.2) is 0 Å². The van der Waals surface area contributed by atoms with E-state index in [-0.39, 0.29) is 11.3 Å². The second kappa shape index (κ2) is 11.3. The van der Waals surface area contributed by atoms with Gasteiger partial charge in [0.25, 0.3) is 11.7 Å². The summed E-state index contributed by atoms with van der Waals surface area (Å²) < 4.78 is 10.9. The number of amides is 1. The van der Waals surface area contributed by atoms with Crippen molar-refractivity contribution in [3.05, 3.63) is 69.8 Å². The van der Waals surface area contributed by atoms with Crippen molar-refractivity contribution in [3.8, 4) is 5.75 Å². The average molecular weight is 472 g/mol. The summed E-state index contributed by atoms with van der Waals surface area (Å²) in [6.45, 7) is 5.38. The third kappa shape index (κ3) is 5.57. The van der Waals surface area contributed by atoms with Gasteiger partial charge in [-0.2, -0.15) is 0 Å². The number of halogens is 1. The molecule has 1 aliphatic rings. The molecule has 1 N–H and O–H groups in total. The molecule has 3 rings (SSSR count). The SMILES string of the molecule is CCCCOc1ccc(/C(O)=C2\C(=O)C(=O)N(CCCOC)[C@H]2c2ccc(Cl)cc2)cc1C. The number of unbranched alkanes of at least 4 members (excludes halogenated alkanes) is 1. The lowest BCUT2D eigenvalue weighted by molar-refractivity contribution is -0.140. The van der Waals surface area contributed by atoms with Gasteiger partial charge in [-0.1, -0.05) is 37.1 Å². The number of nitrogens with zero attached hydrogens (tertiary/aromatic N) is 1. The molecule has 176 valence electrons. The van der Waals surface area contributed by atoms with E-state index in [1.807, 2.05) is 6.92 Å². The molecule has 0 spiro atoms. The number of methoxy groups -OCH3 is 1. The fourth-order valence-electron chi connectivity index (χ4n) is 3.92. The van der Waals surface area contributed by atoms with E-state index in [0.717, 1.165) is 24.2 Å². The molecule has 7 heteroatoms. The van der Waals surface area contributed by atoms with Crippen LogP contribution in [-0.2, 0) is 14.3 Å². The van der Waals surface area contributed by atoms with Crippen LogP contribution in [0.5, 0.6) is 5.75 Å². The molecule has 1 heterocycles. The quantitative estimate of drug-likeness (QED) is 0.220. The maximum atomic E-state index is 13.0. The van der Waals surface area contributed by atoms with E-state index in [2.05, 4.69) is 6.92 Å². The van der Waals surface area contributed by atoms with Crippen molar-refractivity contribution in [1.82, 2.24) is 4.90 Å². The highest BCUT2D eigenvalue weighted by Gasteiger charge is 2.45. The zero-order valence-corrected chi connectivity index (χ0v) is 20.0. The minimum Gasteiger partial charge on any atom is -0.507 e. The van der Waals surface area contributed by atoms with Crippen molar-refractivity contribution in [3.63, 3.8) is 0 Å². The second-order valence-electron chi connectivity index (χ2n) is 8.07. The molecule has 1 fully saturated rings. The standard InChI is InChI=1S/C26H30ClNO5/c1-4-5-15-33-21-12-9-19(16-17(21)2)24(29)22-23(18-7-10-20(27)11-8-18)28(13-6-14-32-3)26(31)25(22)30/h7-12,16,23,29H,4-6,13-15H2,1-3H3/b24-22+/t23-/m0/s1. The largest absolute Gasteiger partial charge is 0.507 e. The van der Waals surface area contributed by atoms with E-state index in [9.17, 15) is 14.7 Å². The number of aliphatic hydroxyl groups is 1. The zero-order valence-electron chi connectivity index (χ0n) is 19.3. The van der Waals surface area contributed by atoms with Gasteiger partial charge >= 0.3 is 0 Å². The summed E-state index contributed by atoms with van der Waals surface area (Å²) >= 11 is 6.05. The van der Waals surface area contributed by atoms with Crippen LogP contribution in [0.3, 0.4) is 0 Å². The number of carbonyl (C=O) groups excluding carboxylic acids is 2. The summed E-state index contributed by atoms with van der Waals surface area (Å²) in [5.74, 6) is -0.811. The van der Waals surface area contributed by atoms with Crippen LogP contribution in [0.25, 0.3) is 5.76 Å². The predicted octanol–water partition coefficient (Wildman–Crippen LogP) is 5.29. The normalized spacial score (nSPS) is 17.6. The van der Waals surface area contributed by atoms with Crippen LogP contribution in [0.15, 0.2) is 48.0 Å². The van der Waals surface area contributed by atoms with E-state index in [4.69, 9.17) is 21.1 Å². The maximum absolute atomic E-state index is 13.0. The highest BCUT2D eigenvalue weighted by molar-refractivity contribution is 6.46. The van der Waals surface area contributed by atoms with Crippen molar-refractivity contribution in [1.29, 1.82) is 0 Å². The number of hydrogen-bond acceptors (Lipinski definition) is 5. The topological polar surface area (TPSA) is 76.1 Å². The smallest absolute Gasteiger partial charge is 0.295 e. The molecule has 0 aromatic heterocycles. The van der Waals surface area contributed by atoms with Gasteiger partial charge in [0, 0.05) is 30.8 Å². The molecule has 1 saturated heterocycles. The Hall–Kier alpha value is -2.83. The van der Waals surface area contributed by atoms with Crippen LogP contribution < -0.4 is 4.74 Å². The number of aliphatic hydroxyl groups excluding tert-OH is 1. The van der Waals surface area contributed by atoms with Gasteiger partial charge in [-0.15, -0.1) is 0 Å². The molecule has 0 aliphatic carbocycles. The summed E-state index contributed by atoms with van der Waals surface area (Å²) in [7, 11) is 1.59. The van der Waals surface area contributed by atoms with Crippen molar-refractivity contribution < 1.29 is 24.2 Å². The minimum absolute atomic E-state index is 0.0683. The van der Waals surface area contributed by atoms with Crippen LogP contribution in [-0.4, -0.2) is 48.6 Å². The van der Waals surface area contributed by atoms with Crippen molar-refractivity contribution in [2.24, 2.45) is 0 Å². The van der Waals surface area contributed by atoms with Crippen molar-refractivity contribution in [2.75, 3.05) is 26.9 Å². The van der Waals surface area contributed by atoms with Gasteiger partial charge in [0.15, 0.2) is 0 Å². The monoisotopic (exact) mass is 471 g/mol. The molecular formula is C26H30ClNO5. The Morgan fingerprint density at radius 1 is 1.09 bits per heavy atom. The van der Waals surface area contributed by atoms with Gasteiger partial charge in [0.05, 0.1) is 18.2 Å². The molecule has 2 aromatic rings. The van der Waals surface area contributed by atoms with E-state index in [1.165, 1.54) is 4.90 Å². The summed E-state index contributed by atoms with van der Waals surface area (Å²) in [4.78, 5) is 27.4. The molecule has 0 saturated carbocycles. The predicted molar refractivity (Wildman–Crippen MR) is 129 cm³/mol. The number of ketones is 1. The van der Waals surface area contributed by atoms with E-state index < -0.39 is 17.7 Å². The zero-order chi connectivity index (χ0) is 24.0. The number of rotatable bonds is 10. The molecule has 33 heavy (non-hydrogen) atoms. The Morgan fingerprint density at radius 3 is 2.45 bits per heavy atom. The number of likely N-dealkylation sites (tertiary alicyclic amines) is 1. The van der Waals surface area contributed by atoms with Crippen LogP contribution >= 0.6 is 11.6 Å². The molecular weight excluding hydrogens is 442 g/mol. The van der Waals surface area contributed by atoms with Gasteiger partial charge in [0.1, 0.15) is 11.5 Å². The summed E-state index contributed by atoms with van der Waals surface area (Å²) in [5.41, 5.74) is 2.07. The van der Waals surface area contributed by atoms with Gasteiger partial charge in [-0.05, 0) is 61.2 Å². The summed E-state index contributed by atoms with van der Waals surface area (Å²) in [6, 6.07) is 11.5. The Balaban J connectivity index is 2.03. The third-order valence-electron chi connectivity index (χ3n) is 5.68. The highest BCUT2D eigenvalue weighted by atomic mass is 35.5. The molecule has 1 atom stereocenters. The molecule has 2 aromatic carbocycles. The highest BCUT2D eigenvalue weighted by Crippen LogP contribution is 2.40. The number of carbonyl (C=O) groups is 2. The van der Waals surface area contributed by atoms with Crippen LogP contribution in [0, 0.1) is 6.92 Å². The fourth-order valence-corrected chi connectivity index (χ4v) is 4.05. The van der Waals surface area contributed by atoms with E-state index >= 15 is 0 Å². The first-order valence-electron chi connectivity index (χ1n) is 11.2. The Bertz CT molecular complexity index is 1030. The Morgan fingerprint density at radius 2 is 1.82 bits per heavy atom. The first kappa shape index (κ1) is 24.8. The molecule has 0 bridgehead atoms. The van der Waals surface area contributed by atoms with Gasteiger partial charge in [0.2, 0.25) is 0 Å². The minimum atomic E-state index is -0.708. The van der Waals surface area contributed by atoms with E-state index in [1.54, 1.807) is 49.6 Å². The Kier molecular flexibility index (Phi) is 8.53. The van der Waals surface area contributed by atoms with Crippen molar-refractivity contribution in [2.45, 2.75) is 39.2 Å². The molecule has 1 amide bonds. The first-order valence-corrected chi connectivity index (χ1v) is 11.5. The average Bonchev–Trinajstić information content (AvgIpc) is 3.05. The lowest BCUT2D eigenvalue weighted by Crippen LogP contribution is -2.31. The maximum Gasteiger partial charge on any atom is 0.295 e. The van der Waals surface area contributed by atoms with E-state index in [0.29, 0.717) is 42.3 Å². The third-order valence-corrected chi connectivity index (χ3v) is 5.93. The molecule has 0 unspecified atom stereocenters. The van der Waals surface area contributed by atoms with Crippen LogP contribution in [0.4, 0.5) is 0 Å². The number of benzene rings is 2. The van der Waals surface area contributed by atoms with Gasteiger partial charge < -0.3 is 19.5 Å². The number of hydrogen-bond donors (Lipinski definition) is 1. The fraction of sp³-hybridized carbons (Fsp3) is 0.385. The molecule has 6 nitrogen and oxygen atoms in total. The molecule has 1 aliphatic heterocycles. The summed E-state index contributed by atoms with van der Waals surface area (Å²) in [5, 5.41) is 11.7. The molecule has 0 radical (unpaired) electrons. The van der Waals surface area contributed by atoms with Crippen molar-refractivity contribution >= 4 is 29.1 Å². The lowest BCUT2D eigenvalue weighted by atomic mass is 9.94. The number of ether oxygens (including phenoxy) is 2. The number of aryl methyl sites for hydroxylation is 1. The van der Waals surface area contributed by atoms with Gasteiger partial charge in [-0.3, -0.25) is 9.59 Å². The van der Waals surface area contributed by atoms with Crippen LogP contribution in [0.1, 0.15) is 48.9 Å². The number of Topliss-reactive ketones (excluding diaryl/α,β-unsaturated/α-hetero) is 1. The summed E-state index contributed by atoms with van der Waals surface area (Å²) in [6.07, 6.45) is 2.55. The first-order chi connectivity index (χ1) is 15.9. The lowest BCUT2D eigenvalue weighted by Gasteiger charge is -2.25.